The van der Waals surface area contributed by atoms with Crippen molar-refractivity contribution in [3.63, 3.8) is 0 Å². The summed E-state index contributed by atoms with van der Waals surface area (Å²) in [5, 5.41) is 5.81. The number of amides is 1. The van der Waals surface area contributed by atoms with E-state index in [-0.39, 0.29) is 12.3 Å². The van der Waals surface area contributed by atoms with Gasteiger partial charge in [0.25, 0.3) is 0 Å². The molecule has 1 amide bonds. The highest BCUT2D eigenvalue weighted by Gasteiger charge is 2.17. The van der Waals surface area contributed by atoms with Crippen molar-refractivity contribution in [2.45, 2.75) is 46.2 Å². The van der Waals surface area contributed by atoms with Crippen molar-refractivity contribution < 1.29 is 9.21 Å². The molecule has 0 atom stereocenters. The Labute approximate surface area is 182 Å². The molecule has 2 aromatic heterocycles. The summed E-state index contributed by atoms with van der Waals surface area (Å²) in [7, 11) is 0. The first-order valence-corrected chi connectivity index (χ1v) is 11.5. The Morgan fingerprint density at radius 2 is 1.97 bits per heavy atom. The molecule has 1 fully saturated rings. The molecule has 0 aliphatic carbocycles. The Kier molecular flexibility index (Phi) is 6.65. The largest absolute Gasteiger partial charge is 0.459 e. The molecule has 1 aliphatic rings. The Balaban J connectivity index is 1.31. The molecule has 1 aromatic carbocycles. The highest BCUT2D eigenvalue weighted by molar-refractivity contribution is 7.13. The monoisotopic (exact) mass is 423 g/mol. The second kappa shape index (κ2) is 9.58. The molecule has 0 bridgehead atoms. The minimum Gasteiger partial charge on any atom is -0.459 e. The first-order chi connectivity index (χ1) is 14.6. The van der Waals surface area contributed by atoms with E-state index in [1.165, 1.54) is 35.3 Å². The van der Waals surface area contributed by atoms with Gasteiger partial charge in [0.2, 0.25) is 5.91 Å². The zero-order valence-electron chi connectivity index (χ0n) is 17.7. The molecule has 5 nitrogen and oxygen atoms in total. The number of hydrogen-bond acceptors (Lipinski definition) is 5. The van der Waals surface area contributed by atoms with Crippen LogP contribution in [0.25, 0.3) is 10.8 Å². The lowest BCUT2D eigenvalue weighted by Gasteiger charge is -2.30. The molecule has 6 heteroatoms. The van der Waals surface area contributed by atoms with Gasteiger partial charge in [-0.3, -0.25) is 9.69 Å². The molecule has 0 unspecified atom stereocenters. The number of likely N-dealkylation sites (tertiary alicyclic amines) is 1. The smallest absolute Gasteiger partial charge is 0.226 e. The molecule has 0 radical (unpaired) electrons. The van der Waals surface area contributed by atoms with Crippen molar-refractivity contribution in [1.29, 1.82) is 0 Å². The predicted molar refractivity (Wildman–Crippen MR) is 120 cm³/mol. The average Bonchev–Trinajstić information content (AvgIpc) is 3.38. The van der Waals surface area contributed by atoms with Crippen LogP contribution < -0.4 is 5.32 Å². The number of nitrogens with one attached hydrogen (secondary N) is 1. The molecular weight excluding hydrogens is 394 g/mol. The number of carbonyl (C=O) groups excluding carboxylic acids is 1. The highest BCUT2D eigenvalue weighted by atomic mass is 32.1. The Bertz CT molecular complexity index is 986. The van der Waals surface area contributed by atoms with Gasteiger partial charge in [-0.2, -0.15) is 0 Å². The van der Waals surface area contributed by atoms with E-state index in [1.54, 1.807) is 0 Å². The standard InChI is InChI=1S/C24H29N3O2S/c1-17-9-11-27(12-10-17)15-20-6-4-3-5-19(20)14-25-23(28)13-21-16-30-24(26-21)22-8-7-18(2)29-22/h3-8,16-17H,9-15H2,1-2H3,(H,25,28). The predicted octanol–water partition coefficient (Wildman–Crippen LogP) is 4.80. The minimum atomic E-state index is -0.0101. The molecule has 1 saturated heterocycles. The zero-order valence-corrected chi connectivity index (χ0v) is 18.5. The van der Waals surface area contributed by atoms with E-state index in [0.717, 1.165) is 47.8 Å². The lowest BCUT2D eigenvalue weighted by atomic mass is 9.98. The number of aromatic nitrogens is 1. The van der Waals surface area contributed by atoms with E-state index in [1.807, 2.05) is 30.5 Å². The summed E-state index contributed by atoms with van der Waals surface area (Å²) in [5.74, 6) is 2.44. The first kappa shape index (κ1) is 20.8. The molecule has 1 N–H and O–H groups in total. The molecule has 158 valence electrons. The van der Waals surface area contributed by atoms with Gasteiger partial charge in [-0.1, -0.05) is 31.2 Å². The van der Waals surface area contributed by atoms with Crippen LogP contribution >= 0.6 is 11.3 Å². The minimum absolute atomic E-state index is 0.0101. The van der Waals surface area contributed by atoms with Gasteiger partial charge >= 0.3 is 0 Å². The summed E-state index contributed by atoms with van der Waals surface area (Å²) in [4.78, 5) is 19.6. The second-order valence-electron chi connectivity index (χ2n) is 8.24. The van der Waals surface area contributed by atoms with E-state index in [9.17, 15) is 4.79 Å². The number of nitrogens with zero attached hydrogens (tertiary/aromatic N) is 2. The fourth-order valence-corrected chi connectivity index (χ4v) is 4.60. The van der Waals surface area contributed by atoms with Crippen LogP contribution in [0.2, 0.25) is 0 Å². The number of rotatable bonds is 7. The maximum atomic E-state index is 12.5. The van der Waals surface area contributed by atoms with E-state index in [4.69, 9.17) is 4.42 Å². The van der Waals surface area contributed by atoms with Crippen molar-refractivity contribution in [1.82, 2.24) is 15.2 Å². The quantitative estimate of drug-likeness (QED) is 0.593. The number of hydrogen-bond donors (Lipinski definition) is 1. The summed E-state index contributed by atoms with van der Waals surface area (Å²) in [5.41, 5.74) is 3.27. The topological polar surface area (TPSA) is 58.4 Å². The van der Waals surface area contributed by atoms with E-state index >= 15 is 0 Å². The van der Waals surface area contributed by atoms with Crippen LogP contribution in [0.4, 0.5) is 0 Å². The van der Waals surface area contributed by atoms with Gasteiger partial charge in [0.15, 0.2) is 10.8 Å². The fourth-order valence-electron chi connectivity index (χ4n) is 3.82. The zero-order chi connectivity index (χ0) is 20.9. The van der Waals surface area contributed by atoms with Gasteiger partial charge in [0, 0.05) is 18.5 Å². The van der Waals surface area contributed by atoms with Gasteiger partial charge in [-0.05, 0) is 62.0 Å². The molecule has 4 rings (SSSR count). The van der Waals surface area contributed by atoms with E-state index in [2.05, 4.69) is 40.3 Å². The van der Waals surface area contributed by atoms with Gasteiger partial charge < -0.3 is 9.73 Å². The van der Waals surface area contributed by atoms with E-state index in [0.29, 0.717) is 6.54 Å². The lowest BCUT2D eigenvalue weighted by molar-refractivity contribution is -0.120. The number of furan rings is 1. The number of benzene rings is 1. The van der Waals surface area contributed by atoms with Crippen LogP contribution in [0.15, 0.2) is 46.2 Å². The molecule has 3 heterocycles. The fraction of sp³-hybridized carbons (Fsp3) is 0.417. The van der Waals surface area contributed by atoms with Gasteiger partial charge in [0.05, 0.1) is 12.1 Å². The third-order valence-corrected chi connectivity index (χ3v) is 6.61. The van der Waals surface area contributed by atoms with Gasteiger partial charge in [-0.15, -0.1) is 11.3 Å². The number of thiazole rings is 1. The molecule has 1 aliphatic heterocycles. The molecular formula is C24H29N3O2S. The van der Waals surface area contributed by atoms with Crippen LogP contribution in [0, 0.1) is 12.8 Å². The summed E-state index contributed by atoms with van der Waals surface area (Å²) in [6.07, 6.45) is 2.82. The van der Waals surface area contributed by atoms with Crippen molar-refractivity contribution in [2.24, 2.45) is 5.92 Å². The Hall–Kier alpha value is -2.44. The molecule has 0 spiro atoms. The first-order valence-electron chi connectivity index (χ1n) is 10.6. The summed E-state index contributed by atoms with van der Waals surface area (Å²) < 4.78 is 5.62. The number of piperidine rings is 1. The van der Waals surface area contributed by atoms with Crippen molar-refractivity contribution in [3.05, 3.63) is 64.4 Å². The Morgan fingerprint density at radius 1 is 1.20 bits per heavy atom. The van der Waals surface area contributed by atoms with Crippen LogP contribution in [0.1, 0.15) is 42.3 Å². The van der Waals surface area contributed by atoms with Gasteiger partial charge in [-0.25, -0.2) is 4.98 Å². The van der Waals surface area contributed by atoms with Crippen molar-refractivity contribution in [2.75, 3.05) is 13.1 Å². The summed E-state index contributed by atoms with van der Waals surface area (Å²) >= 11 is 1.50. The molecule has 3 aromatic rings. The molecule has 30 heavy (non-hydrogen) atoms. The average molecular weight is 424 g/mol. The van der Waals surface area contributed by atoms with Crippen molar-refractivity contribution in [3.8, 4) is 10.8 Å². The van der Waals surface area contributed by atoms with Crippen LogP contribution in [0.3, 0.4) is 0 Å². The van der Waals surface area contributed by atoms with Crippen LogP contribution in [-0.2, 0) is 24.3 Å². The maximum Gasteiger partial charge on any atom is 0.226 e. The van der Waals surface area contributed by atoms with Crippen LogP contribution in [0.5, 0.6) is 0 Å². The van der Waals surface area contributed by atoms with Gasteiger partial charge in [0.1, 0.15) is 5.76 Å². The third kappa shape index (κ3) is 5.37. The second-order valence-corrected chi connectivity index (χ2v) is 9.09. The normalized spacial score (nSPS) is 15.4. The highest BCUT2D eigenvalue weighted by Crippen LogP contribution is 2.25. The van der Waals surface area contributed by atoms with Crippen LogP contribution in [-0.4, -0.2) is 28.9 Å². The van der Waals surface area contributed by atoms with Crippen molar-refractivity contribution >= 4 is 17.2 Å². The molecule has 0 saturated carbocycles. The summed E-state index contributed by atoms with van der Waals surface area (Å²) in [6, 6.07) is 12.3. The number of aryl methyl sites for hydroxylation is 1. The lowest BCUT2D eigenvalue weighted by Crippen LogP contribution is -2.33. The summed E-state index contributed by atoms with van der Waals surface area (Å²) in [6.45, 7) is 8.06. The number of carbonyl (C=O) groups is 1. The van der Waals surface area contributed by atoms with E-state index < -0.39 is 0 Å². The third-order valence-electron chi connectivity index (χ3n) is 5.71. The maximum absolute atomic E-state index is 12.5. The Morgan fingerprint density at radius 3 is 2.70 bits per heavy atom. The SMILES string of the molecule is Cc1ccc(-c2nc(CC(=O)NCc3ccccc3CN3CCC(C)CC3)cs2)o1.